The van der Waals surface area contributed by atoms with Gasteiger partial charge in [0.15, 0.2) is 4.77 Å². The Labute approximate surface area is 164 Å². The summed E-state index contributed by atoms with van der Waals surface area (Å²) in [5.74, 6) is -0.340. The summed E-state index contributed by atoms with van der Waals surface area (Å²) in [6, 6.07) is 12.2. The molecule has 0 aliphatic rings. The van der Waals surface area contributed by atoms with Crippen molar-refractivity contribution in [1.29, 1.82) is 0 Å². The molecule has 1 heterocycles. The van der Waals surface area contributed by atoms with E-state index in [1.54, 1.807) is 18.2 Å². The van der Waals surface area contributed by atoms with Crippen LogP contribution in [0, 0.1) is 11.7 Å². The number of aromatic hydroxyl groups is 1. The van der Waals surface area contributed by atoms with Gasteiger partial charge in [0, 0.05) is 6.21 Å². The van der Waals surface area contributed by atoms with Crippen LogP contribution in [0.2, 0.25) is 10.0 Å². The minimum atomic E-state index is -0.542. The van der Waals surface area contributed by atoms with Crippen LogP contribution in [-0.4, -0.2) is 20.9 Å². The van der Waals surface area contributed by atoms with Crippen molar-refractivity contribution in [2.45, 2.75) is 6.92 Å². The normalized spacial score (nSPS) is 11.2. The van der Waals surface area contributed by atoms with Gasteiger partial charge in [-0.25, -0.2) is 0 Å². The van der Waals surface area contributed by atoms with Gasteiger partial charge in [-0.3, -0.25) is 19.3 Å². The van der Waals surface area contributed by atoms with Crippen LogP contribution in [0.15, 0.2) is 52.3 Å². The van der Waals surface area contributed by atoms with Crippen LogP contribution in [0.25, 0.3) is 5.69 Å². The number of aryl methyl sites for hydroxylation is 1. The first-order chi connectivity index (χ1) is 12.4. The van der Waals surface area contributed by atoms with Crippen molar-refractivity contribution in [2.24, 2.45) is 4.99 Å². The number of hydrogen-bond acceptors (Lipinski definition) is 4. The van der Waals surface area contributed by atoms with Crippen molar-refractivity contribution in [3.05, 3.63) is 78.8 Å². The van der Waals surface area contributed by atoms with E-state index in [-0.39, 0.29) is 16.2 Å². The summed E-state index contributed by atoms with van der Waals surface area (Å²) in [5, 5.41) is 11.3. The van der Waals surface area contributed by atoms with E-state index in [4.69, 9.17) is 35.4 Å². The van der Waals surface area contributed by atoms with Gasteiger partial charge in [-0.05, 0) is 49.5 Å². The maximum Gasteiger partial charge on any atom is 0.264 e. The summed E-state index contributed by atoms with van der Waals surface area (Å²) in [6.07, 6.45) is 1.29. The quantitative estimate of drug-likeness (QED) is 0.477. The zero-order chi connectivity index (χ0) is 18.8. The molecule has 0 amide bonds. The summed E-state index contributed by atoms with van der Waals surface area (Å²) in [6.45, 7) is 1.96. The summed E-state index contributed by atoms with van der Waals surface area (Å²) >= 11 is 17.1. The number of halogens is 2. The molecule has 3 aromatic rings. The van der Waals surface area contributed by atoms with Gasteiger partial charge >= 0.3 is 0 Å². The maximum atomic E-state index is 12.2. The second-order valence-corrected chi connectivity index (χ2v) is 6.73. The third-order valence-electron chi connectivity index (χ3n) is 3.66. The molecule has 26 heavy (non-hydrogen) atoms. The first-order valence-corrected chi connectivity index (χ1v) is 8.67. The fourth-order valence-corrected chi connectivity index (χ4v) is 2.87. The lowest BCUT2D eigenvalue weighted by atomic mass is 10.2. The Balaban J connectivity index is 2.12. The molecule has 2 N–H and O–H groups in total. The van der Waals surface area contributed by atoms with Crippen LogP contribution in [0.4, 0.5) is 5.69 Å². The highest BCUT2D eigenvalue weighted by atomic mass is 35.5. The van der Waals surface area contributed by atoms with E-state index < -0.39 is 5.56 Å². The van der Waals surface area contributed by atoms with Gasteiger partial charge in [-0.1, -0.05) is 40.9 Å². The van der Waals surface area contributed by atoms with E-state index in [2.05, 4.69) is 9.98 Å². The van der Waals surface area contributed by atoms with E-state index in [9.17, 15) is 9.90 Å². The smallest absolute Gasteiger partial charge is 0.264 e. The van der Waals surface area contributed by atoms with Crippen molar-refractivity contribution in [1.82, 2.24) is 9.55 Å². The van der Waals surface area contributed by atoms with Gasteiger partial charge in [-0.2, -0.15) is 0 Å². The zero-order valence-corrected chi connectivity index (χ0v) is 15.9. The fourth-order valence-electron chi connectivity index (χ4n) is 2.29. The highest BCUT2D eigenvalue weighted by Crippen LogP contribution is 2.27. The molecule has 0 bridgehead atoms. The van der Waals surface area contributed by atoms with Crippen molar-refractivity contribution < 1.29 is 5.11 Å². The topological polar surface area (TPSA) is 70.4 Å². The van der Waals surface area contributed by atoms with Crippen LogP contribution in [0.1, 0.15) is 11.1 Å². The molecule has 5 nitrogen and oxygen atoms in total. The largest absolute Gasteiger partial charge is 0.494 e. The Bertz CT molecular complexity index is 1120. The highest BCUT2D eigenvalue weighted by molar-refractivity contribution is 7.71. The summed E-state index contributed by atoms with van der Waals surface area (Å²) in [7, 11) is 0. The lowest BCUT2D eigenvalue weighted by Gasteiger charge is -2.11. The Morgan fingerprint density at radius 3 is 2.50 bits per heavy atom. The molecule has 0 unspecified atom stereocenters. The third-order valence-corrected chi connectivity index (χ3v) is 4.68. The highest BCUT2D eigenvalue weighted by Gasteiger charge is 2.13. The van der Waals surface area contributed by atoms with E-state index in [0.717, 1.165) is 5.56 Å². The first kappa shape index (κ1) is 18.4. The number of rotatable bonds is 3. The van der Waals surface area contributed by atoms with Crippen molar-refractivity contribution in [2.75, 3.05) is 0 Å². The predicted molar refractivity (Wildman–Crippen MR) is 107 cm³/mol. The number of H-pyrrole nitrogens is 1. The molecular formula is C18H13Cl2N3O2S. The van der Waals surface area contributed by atoms with Gasteiger partial charge < -0.3 is 5.11 Å². The molecule has 0 aliphatic carbocycles. The second-order valence-electron chi connectivity index (χ2n) is 5.52. The number of benzene rings is 2. The lowest BCUT2D eigenvalue weighted by molar-refractivity contribution is 0.432. The van der Waals surface area contributed by atoms with Crippen molar-refractivity contribution >= 4 is 47.3 Å². The minimum Gasteiger partial charge on any atom is -0.494 e. The van der Waals surface area contributed by atoms with Gasteiger partial charge in [0.25, 0.3) is 5.56 Å². The van der Waals surface area contributed by atoms with Crippen LogP contribution in [0.3, 0.4) is 0 Å². The lowest BCUT2D eigenvalue weighted by Crippen LogP contribution is -2.18. The van der Waals surface area contributed by atoms with Gasteiger partial charge in [-0.15, -0.1) is 0 Å². The number of aromatic nitrogens is 2. The van der Waals surface area contributed by atoms with Crippen molar-refractivity contribution in [3.63, 3.8) is 0 Å². The van der Waals surface area contributed by atoms with Crippen LogP contribution >= 0.6 is 35.4 Å². The average Bonchev–Trinajstić information content (AvgIpc) is 2.59. The maximum absolute atomic E-state index is 12.2. The Hall–Kier alpha value is -2.41. The monoisotopic (exact) mass is 405 g/mol. The molecule has 0 saturated carbocycles. The summed E-state index contributed by atoms with van der Waals surface area (Å²) in [4.78, 5) is 19.0. The molecule has 0 saturated heterocycles. The standard InChI is InChI=1S/C18H13Cl2N3O2S/c1-10-2-4-11(5-3-10)21-9-13-16(24)22-18(26)23(17(13)25)12-6-7-14(19)15(20)8-12/h2-9,25H,1H3,(H,22,24,26). The van der Waals surface area contributed by atoms with E-state index in [1.165, 1.54) is 10.8 Å². The van der Waals surface area contributed by atoms with E-state index >= 15 is 0 Å². The molecule has 0 atom stereocenters. The SMILES string of the molecule is Cc1ccc(N=Cc2c(O)n(-c3ccc(Cl)c(Cl)c3)c(=S)[nH]c2=O)cc1. The van der Waals surface area contributed by atoms with Crippen LogP contribution in [-0.2, 0) is 0 Å². The third kappa shape index (κ3) is 3.72. The summed E-state index contributed by atoms with van der Waals surface area (Å²) < 4.78 is 1.31. The molecule has 0 spiro atoms. The van der Waals surface area contributed by atoms with Crippen molar-refractivity contribution in [3.8, 4) is 11.6 Å². The van der Waals surface area contributed by atoms with Gasteiger partial charge in [0.1, 0.15) is 5.56 Å². The van der Waals surface area contributed by atoms with Crippen LogP contribution in [0.5, 0.6) is 5.88 Å². The molecule has 1 aromatic heterocycles. The number of nitrogens with zero attached hydrogens (tertiary/aromatic N) is 2. The Kier molecular flexibility index (Phi) is 5.27. The molecule has 2 aromatic carbocycles. The van der Waals surface area contributed by atoms with E-state index in [0.29, 0.717) is 21.4 Å². The minimum absolute atomic E-state index is 0.0229. The molecular weight excluding hydrogens is 393 g/mol. The average molecular weight is 406 g/mol. The molecule has 8 heteroatoms. The number of aliphatic imine (C=N–C) groups is 1. The molecule has 0 radical (unpaired) electrons. The summed E-state index contributed by atoms with van der Waals surface area (Å²) in [5.41, 5.74) is 1.64. The van der Waals surface area contributed by atoms with E-state index in [1.807, 2.05) is 31.2 Å². The number of hydrogen-bond donors (Lipinski definition) is 2. The number of aromatic amines is 1. The first-order valence-electron chi connectivity index (χ1n) is 7.51. The molecule has 132 valence electrons. The predicted octanol–water partition coefficient (Wildman–Crippen LogP) is 4.97. The molecule has 0 aliphatic heterocycles. The number of nitrogens with one attached hydrogen (secondary N) is 1. The van der Waals surface area contributed by atoms with Gasteiger partial charge in [0.05, 0.1) is 21.4 Å². The molecule has 3 rings (SSSR count). The van der Waals surface area contributed by atoms with Crippen LogP contribution < -0.4 is 5.56 Å². The second kappa shape index (κ2) is 7.45. The fraction of sp³-hybridized carbons (Fsp3) is 0.0556. The van der Waals surface area contributed by atoms with Gasteiger partial charge in [0.2, 0.25) is 5.88 Å². The molecule has 0 fully saturated rings. The Morgan fingerprint density at radius 1 is 1.15 bits per heavy atom. The Morgan fingerprint density at radius 2 is 1.85 bits per heavy atom. The zero-order valence-electron chi connectivity index (χ0n) is 13.5.